The average Bonchev–Trinajstić information content (AvgIpc) is 2.91. The first-order valence-electron chi connectivity index (χ1n) is 7.15. The van der Waals surface area contributed by atoms with Crippen molar-refractivity contribution in [3.63, 3.8) is 0 Å². The molecule has 3 atom stereocenters. The molecule has 3 rings (SSSR count). The number of aryl methyl sites for hydroxylation is 1. The van der Waals surface area contributed by atoms with Gasteiger partial charge in [-0.2, -0.15) is 0 Å². The highest BCUT2D eigenvalue weighted by atomic mass is 16.6. The third kappa shape index (κ3) is 2.06. The minimum absolute atomic E-state index is 0.0204. The Balaban J connectivity index is 1.89. The van der Waals surface area contributed by atoms with Gasteiger partial charge in [0.1, 0.15) is 0 Å². The summed E-state index contributed by atoms with van der Waals surface area (Å²) in [6, 6.07) is 0.291. The van der Waals surface area contributed by atoms with Crippen LogP contribution in [0.3, 0.4) is 0 Å². The highest BCUT2D eigenvalue weighted by molar-refractivity contribution is 5.56. The summed E-state index contributed by atoms with van der Waals surface area (Å²) in [7, 11) is 1.85. The molecule has 0 amide bonds. The SMILES string of the molecule is Cc1nc([N+](=O)[O-])c(N2C[C@H]3CCC(N)C[C@H]3C2)n1C. The van der Waals surface area contributed by atoms with E-state index in [0.29, 0.717) is 29.5 Å². The van der Waals surface area contributed by atoms with Crippen LogP contribution in [-0.2, 0) is 7.05 Å². The fourth-order valence-electron chi connectivity index (χ4n) is 3.70. The highest BCUT2D eigenvalue weighted by Gasteiger charge is 2.40. The summed E-state index contributed by atoms with van der Waals surface area (Å²) in [5, 5.41) is 11.2. The molecule has 2 heterocycles. The van der Waals surface area contributed by atoms with Gasteiger partial charge in [-0.1, -0.05) is 0 Å². The molecule has 1 aliphatic carbocycles. The minimum atomic E-state index is -0.379. The van der Waals surface area contributed by atoms with Gasteiger partial charge in [0.05, 0.1) is 0 Å². The van der Waals surface area contributed by atoms with Gasteiger partial charge in [0.25, 0.3) is 0 Å². The summed E-state index contributed by atoms with van der Waals surface area (Å²) in [4.78, 5) is 17.0. The molecule has 1 aromatic rings. The van der Waals surface area contributed by atoms with Crippen LogP contribution in [0.5, 0.6) is 0 Å². The van der Waals surface area contributed by atoms with Crippen LogP contribution in [0.2, 0.25) is 0 Å². The molecule has 1 unspecified atom stereocenters. The quantitative estimate of drug-likeness (QED) is 0.649. The fraction of sp³-hybridized carbons (Fsp3) is 0.769. The molecule has 110 valence electrons. The third-order valence-corrected chi connectivity index (χ3v) is 4.83. The number of fused-ring (bicyclic) bond motifs is 1. The lowest BCUT2D eigenvalue weighted by Gasteiger charge is -2.27. The Morgan fingerprint density at radius 2 is 2.05 bits per heavy atom. The van der Waals surface area contributed by atoms with E-state index in [0.717, 1.165) is 32.4 Å². The highest BCUT2D eigenvalue weighted by Crippen LogP contribution is 2.40. The van der Waals surface area contributed by atoms with E-state index < -0.39 is 0 Å². The predicted octanol–water partition coefficient (Wildman–Crippen LogP) is 1.20. The summed E-state index contributed by atoms with van der Waals surface area (Å²) >= 11 is 0. The van der Waals surface area contributed by atoms with E-state index in [1.54, 1.807) is 6.92 Å². The predicted molar refractivity (Wildman–Crippen MR) is 75.6 cm³/mol. The smallest absolute Gasteiger partial charge is 0.358 e. The Morgan fingerprint density at radius 1 is 1.35 bits per heavy atom. The maximum Gasteiger partial charge on any atom is 0.406 e. The van der Waals surface area contributed by atoms with Crippen molar-refractivity contribution < 1.29 is 4.92 Å². The van der Waals surface area contributed by atoms with E-state index in [-0.39, 0.29) is 10.7 Å². The van der Waals surface area contributed by atoms with Gasteiger partial charge in [-0.05, 0) is 41.0 Å². The zero-order valence-corrected chi connectivity index (χ0v) is 12.0. The van der Waals surface area contributed by atoms with Crippen molar-refractivity contribution in [2.45, 2.75) is 32.2 Å². The maximum absolute atomic E-state index is 11.2. The average molecular weight is 279 g/mol. The van der Waals surface area contributed by atoms with Crippen LogP contribution in [0.4, 0.5) is 11.6 Å². The van der Waals surface area contributed by atoms with Crippen LogP contribution in [0.25, 0.3) is 0 Å². The topological polar surface area (TPSA) is 90.2 Å². The maximum atomic E-state index is 11.2. The second-order valence-electron chi connectivity index (χ2n) is 6.12. The van der Waals surface area contributed by atoms with Gasteiger partial charge in [0.2, 0.25) is 11.6 Å². The van der Waals surface area contributed by atoms with Crippen molar-refractivity contribution in [3.8, 4) is 0 Å². The number of hydrogen-bond acceptors (Lipinski definition) is 5. The molecule has 0 spiro atoms. The van der Waals surface area contributed by atoms with Gasteiger partial charge in [-0.3, -0.25) is 4.57 Å². The van der Waals surface area contributed by atoms with E-state index >= 15 is 0 Å². The van der Waals surface area contributed by atoms with Gasteiger partial charge in [0, 0.05) is 33.1 Å². The number of anilines is 1. The number of nitrogens with two attached hydrogens (primary N) is 1. The number of nitrogens with zero attached hydrogens (tertiary/aromatic N) is 4. The van der Waals surface area contributed by atoms with E-state index in [4.69, 9.17) is 5.73 Å². The van der Waals surface area contributed by atoms with Crippen molar-refractivity contribution in [1.29, 1.82) is 0 Å². The van der Waals surface area contributed by atoms with Gasteiger partial charge in [0.15, 0.2) is 0 Å². The minimum Gasteiger partial charge on any atom is -0.358 e. The second-order valence-corrected chi connectivity index (χ2v) is 6.12. The van der Waals surface area contributed by atoms with Crippen LogP contribution >= 0.6 is 0 Å². The first kappa shape index (κ1) is 13.4. The molecule has 1 saturated heterocycles. The lowest BCUT2D eigenvalue weighted by molar-refractivity contribution is -0.388. The number of rotatable bonds is 2. The van der Waals surface area contributed by atoms with Crippen LogP contribution in [0, 0.1) is 28.9 Å². The number of hydrogen-bond donors (Lipinski definition) is 1. The molecule has 1 saturated carbocycles. The number of nitro groups is 1. The molecule has 1 aliphatic heterocycles. The van der Waals surface area contributed by atoms with Crippen LogP contribution < -0.4 is 10.6 Å². The molecular weight excluding hydrogens is 258 g/mol. The molecule has 0 radical (unpaired) electrons. The Kier molecular flexibility index (Phi) is 3.16. The van der Waals surface area contributed by atoms with E-state index in [9.17, 15) is 10.1 Å². The zero-order chi connectivity index (χ0) is 14.4. The second kappa shape index (κ2) is 4.73. The monoisotopic (exact) mass is 279 g/mol. The molecule has 2 N–H and O–H groups in total. The van der Waals surface area contributed by atoms with Gasteiger partial charge < -0.3 is 20.7 Å². The van der Waals surface area contributed by atoms with E-state index in [2.05, 4.69) is 9.88 Å². The summed E-state index contributed by atoms with van der Waals surface area (Å²) < 4.78 is 1.83. The molecule has 20 heavy (non-hydrogen) atoms. The summed E-state index contributed by atoms with van der Waals surface area (Å²) in [5.41, 5.74) is 6.04. The third-order valence-electron chi connectivity index (χ3n) is 4.83. The summed E-state index contributed by atoms with van der Waals surface area (Å²) in [6.07, 6.45) is 3.24. The number of imidazole rings is 1. The lowest BCUT2D eigenvalue weighted by atomic mass is 9.79. The van der Waals surface area contributed by atoms with Crippen molar-refractivity contribution >= 4 is 11.6 Å². The van der Waals surface area contributed by atoms with Crippen molar-refractivity contribution in [2.24, 2.45) is 24.6 Å². The van der Waals surface area contributed by atoms with Crippen LogP contribution in [0.15, 0.2) is 0 Å². The molecule has 2 aliphatic rings. The first-order valence-corrected chi connectivity index (χ1v) is 7.15. The fourth-order valence-corrected chi connectivity index (χ4v) is 3.70. The molecule has 0 aromatic carbocycles. The zero-order valence-electron chi connectivity index (χ0n) is 12.0. The van der Waals surface area contributed by atoms with Crippen LogP contribution in [-0.4, -0.2) is 33.6 Å². The normalized spacial score (nSPS) is 29.6. The van der Waals surface area contributed by atoms with E-state index in [1.807, 2.05) is 11.6 Å². The molecule has 2 fully saturated rings. The van der Waals surface area contributed by atoms with Crippen LogP contribution in [0.1, 0.15) is 25.1 Å². The molecule has 0 bridgehead atoms. The Labute approximate surface area is 117 Å². The molecule has 1 aromatic heterocycles. The largest absolute Gasteiger partial charge is 0.406 e. The van der Waals surface area contributed by atoms with Gasteiger partial charge in [-0.15, -0.1) is 0 Å². The Bertz CT molecular complexity index is 541. The van der Waals surface area contributed by atoms with Gasteiger partial charge in [-0.25, -0.2) is 0 Å². The van der Waals surface area contributed by atoms with Gasteiger partial charge >= 0.3 is 5.82 Å². The molecule has 7 heteroatoms. The summed E-state index contributed by atoms with van der Waals surface area (Å²) in [6.45, 7) is 3.55. The van der Waals surface area contributed by atoms with Crippen molar-refractivity contribution in [1.82, 2.24) is 9.55 Å². The Morgan fingerprint density at radius 3 is 2.75 bits per heavy atom. The molecule has 7 nitrogen and oxygen atoms in total. The first-order chi connectivity index (χ1) is 9.47. The standard InChI is InChI=1S/C13H21N5O2/c1-8-15-12(18(19)20)13(16(8)2)17-6-9-3-4-11(14)5-10(9)7-17/h9-11H,3-7,14H2,1-2H3/t9-,10+,11?/m1/s1. The lowest BCUT2D eigenvalue weighted by Crippen LogP contribution is -2.32. The summed E-state index contributed by atoms with van der Waals surface area (Å²) in [5.74, 6) is 2.49. The number of aromatic nitrogens is 2. The molecular formula is C13H21N5O2. The van der Waals surface area contributed by atoms with E-state index in [1.165, 1.54) is 0 Å². The van der Waals surface area contributed by atoms with Crippen molar-refractivity contribution in [3.05, 3.63) is 15.9 Å². The van der Waals surface area contributed by atoms with Crippen molar-refractivity contribution in [2.75, 3.05) is 18.0 Å². The Hall–Kier alpha value is -1.63.